The predicted octanol–water partition coefficient (Wildman–Crippen LogP) is 1.59. The van der Waals surface area contributed by atoms with Crippen LogP contribution in [0.3, 0.4) is 0 Å². The summed E-state index contributed by atoms with van der Waals surface area (Å²) in [6.07, 6.45) is -4.91. The van der Waals surface area contributed by atoms with Crippen molar-refractivity contribution in [3.8, 4) is 0 Å². The zero-order valence-corrected chi connectivity index (χ0v) is 10.6. The van der Waals surface area contributed by atoms with Crippen LogP contribution in [0.5, 0.6) is 0 Å². The van der Waals surface area contributed by atoms with Gasteiger partial charge in [-0.25, -0.2) is 18.4 Å². The SMILES string of the molecule is CCOC(=O)c1scc(C(F)(F)F)c1S(N)(=O)=O. The van der Waals surface area contributed by atoms with Crippen LogP contribution in [0.25, 0.3) is 0 Å². The molecule has 18 heavy (non-hydrogen) atoms. The molecule has 102 valence electrons. The summed E-state index contributed by atoms with van der Waals surface area (Å²) >= 11 is 0.324. The van der Waals surface area contributed by atoms with E-state index in [1.807, 2.05) is 0 Å². The molecule has 1 rings (SSSR count). The monoisotopic (exact) mass is 303 g/mol. The average molecular weight is 303 g/mol. The number of ether oxygens (including phenoxy) is 1. The highest BCUT2D eigenvalue weighted by molar-refractivity contribution is 7.89. The maximum atomic E-state index is 12.6. The van der Waals surface area contributed by atoms with Crippen molar-refractivity contribution in [3.63, 3.8) is 0 Å². The van der Waals surface area contributed by atoms with Crippen LogP contribution in [0.15, 0.2) is 10.3 Å². The molecule has 0 saturated carbocycles. The van der Waals surface area contributed by atoms with Gasteiger partial charge in [0, 0.05) is 5.38 Å². The standard InChI is InChI=1S/C8H8F3NO4S2/c1-2-16-7(13)5-6(18(12,14)15)4(3-17-5)8(9,10)11/h3H,2H2,1H3,(H2,12,14,15). The van der Waals surface area contributed by atoms with E-state index in [2.05, 4.69) is 4.74 Å². The number of esters is 1. The number of hydrogen-bond acceptors (Lipinski definition) is 5. The molecule has 0 saturated heterocycles. The fourth-order valence-corrected chi connectivity index (χ4v) is 3.41. The topological polar surface area (TPSA) is 86.5 Å². The molecule has 0 aliphatic heterocycles. The van der Waals surface area contributed by atoms with Gasteiger partial charge >= 0.3 is 12.1 Å². The molecule has 0 atom stereocenters. The Morgan fingerprint density at radius 2 is 2.06 bits per heavy atom. The number of alkyl halides is 3. The highest BCUT2D eigenvalue weighted by atomic mass is 32.2. The van der Waals surface area contributed by atoms with E-state index < -0.39 is 37.5 Å². The number of hydrogen-bond donors (Lipinski definition) is 1. The van der Waals surface area contributed by atoms with Gasteiger partial charge in [-0.1, -0.05) is 0 Å². The number of primary sulfonamides is 1. The summed E-state index contributed by atoms with van der Waals surface area (Å²) < 4.78 is 64.5. The zero-order valence-electron chi connectivity index (χ0n) is 8.95. The first-order valence-electron chi connectivity index (χ1n) is 4.47. The third-order valence-electron chi connectivity index (χ3n) is 1.80. The molecule has 0 aromatic carbocycles. The Kier molecular flexibility index (Phi) is 4.03. The molecule has 0 aliphatic carbocycles. The van der Waals surface area contributed by atoms with Crippen LogP contribution < -0.4 is 5.14 Å². The van der Waals surface area contributed by atoms with Crippen LogP contribution >= 0.6 is 11.3 Å². The van der Waals surface area contributed by atoms with Gasteiger partial charge in [-0.05, 0) is 6.92 Å². The highest BCUT2D eigenvalue weighted by Crippen LogP contribution is 2.39. The normalized spacial score (nSPS) is 12.5. The summed E-state index contributed by atoms with van der Waals surface area (Å²) in [4.78, 5) is 9.44. The van der Waals surface area contributed by atoms with Crippen molar-refractivity contribution >= 4 is 27.3 Å². The van der Waals surface area contributed by atoms with Crippen molar-refractivity contribution in [3.05, 3.63) is 15.8 Å². The first kappa shape index (κ1) is 14.9. The van der Waals surface area contributed by atoms with Crippen LogP contribution in [0.1, 0.15) is 22.2 Å². The van der Waals surface area contributed by atoms with Crippen LogP contribution in [0.2, 0.25) is 0 Å². The van der Waals surface area contributed by atoms with Crippen LogP contribution in [-0.2, 0) is 20.9 Å². The second kappa shape index (κ2) is 4.86. The Bertz CT molecular complexity index is 561. The molecule has 5 nitrogen and oxygen atoms in total. The quantitative estimate of drug-likeness (QED) is 0.859. The third kappa shape index (κ3) is 3.00. The molecule has 0 amide bonds. The van der Waals surface area contributed by atoms with Gasteiger partial charge in [0.25, 0.3) is 0 Å². The molecule has 2 N–H and O–H groups in total. The molecule has 0 spiro atoms. The van der Waals surface area contributed by atoms with Gasteiger partial charge in [0.2, 0.25) is 10.0 Å². The summed E-state index contributed by atoms with van der Waals surface area (Å²) in [6, 6.07) is 0. The van der Waals surface area contributed by atoms with E-state index in [-0.39, 0.29) is 6.61 Å². The summed E-state index contributed by atoms with van der Waals surface area (Å²) in [5.74, 6) is -1.15. The molecular weight excluding hydrogens is 295 g/mol. The first-order valence-corrected chi connectivity index (χ1v) is 6.90. The number of nitrogens with two attached hydrogens (primary N) is 1. The van der Waals surface area contributed by atoms with Crippen molar-refractivity contribution in [1.82, 2.24) is 0 Å². The lowest BCUT2D eigenvalue weighted by Gasteiger charge is -2.08. The molecule has 1 aromatic heterocycles. The van der Waals surface area contributed by atoms with Crippen molar-refractivity contribution in [2.75, 3.05) is 6.61 Å². The van der Waals surface area contributed by atoms with Gasteiger partial charge in [0.1, 0.15) is 9.77 Å². The van der Waals surface area contributed by atoms with E-state index in [9.17, 15) is 26.4 Å². The lowest BCUT2D eigenvalue weighted by Crippen LogP contribution is -2.20. The van der Waals surface area contributed by atoms with Crippen LogP contribution in [0, 0.1) is 0 Å². The van der Waals surface area contributed by atoms with Crippen molar-refractivity contribution in [1.29, 1.82) is 0 Å². The maximum absolute atomic E-state index is 12.6. The van der Waals surface area contributed by atoms with Crippen LogP contribution in [-0.4, -0.2) is 21.0 Å². The summed E-state index contributed by atoms with van der Waals surface area (Å²) in [6.45, 7) is 1.34. The van der Waals surface area contributed by atoms with E-state index in [0.717, 1.165) is 0 Å². The number of rotatable bonds is 3. The molecule has 0 aliphatic rings. The lowest BCUT2D eigenvalue weighted by molar-refractivity contribution is -0.139. The summed E-state index contributed by atoms with van der Waals surface area (Å²) in [7, 11) is -4.68. The van der Waals surface area contributed by atoms with Gasteiger partial charge in [0.15, 0.2) is 0 Å². The third-order valence-corrected chi connectivity index (χ3v) is 3.88. The molecule has 0 unspecified atom stereocenters. The molecule has 0 radical (unpaired) electrons. The molecular formula is C8H8F3NO4S2. The first-order chi connectivity index (χ1) is 8.09. The van der Waals surface area contributed by atoms with Gasteiger partial charge in [-0.2, -0.15) is 13.2 Å². The average Bonchev–Trinajstić information content (AvgIpc) is 2.60. The summed E-state index contributed by atoms with van der Waals surface area (Å²) in [5.41, 5.74) is -1.46. The minimum absolute atomic E-state index is 0.0951. The number of carbonyl (C=O) groups is 1. The Labute approximate surface area is 104 Å². The molecule has 1 heterocycles. The Balaban J connectivity index is 3.49. The minimum Gasteiger partial charge on any atom is -0.462 e. The van der Waals surface area contributed by atoms with Gasteiger partial charge in [-0.15, -0.1) is 11.3 Å². The molecule has 10 heteroatoms. The number of halogens is 3. The van der Waals surface area contributed by atoms with Crippen molar-refractivity contribution in [2.24, 2.45) is 5.14 Å². The van der Waals surface area contributed by atoms with E-state index in [1.54, 1.807) is 0 Å². The smallest absolute Gasteiger partial charge is 0.418 e. The van der Waals surface area contributed by atoms with Gasteiger partial charge in [0.05, 0.1) is 12.2 Å². The van der Waals surface area contributed by atoms with Crippen LogP contribution in [0.4, 0.5) is 13.2 Å². The second-order valence-corrected chi connectivity index (χ2v) is 5.45. The molecule has 1 aromatic rings. The van der Waals surface area contributed by atoms with E-state index in [1.165, 1.54) is 6.92 Å². The Hall–Kier alpha value is -1.13. The largest absolute Gasteiger partial charge is 0.462 e. The number of sulfonamides is 1. The fourth-order valence-electron chi connectivity index (χ4n) is 1.16. The van der Waals surface area contributed by atoms with E-state index >= 15 is 0 Å². The number of carbonyl (C=O) groups excluding carboxylic acids is 1. The maximum Gasteiger partial charge on any atom is 0.418 e. The highest BCUT2D eigenvalue weighted by Gasteiger charge is 2.41. The lowest BCUT2D eigenvalue weighted by atomic mass is 10.3. The fraction of sp³-hybridized carbons (Fsp3) is 0.375. The zero-order chi connectivity index (χ0) is 14.1. The Morgan fingerprint density at radius 1 is 1.50 bits per heavy atom. The summed E-state index contributed by atoms with van der Waals surface area (Å²) in [5, 5.41) is 5.22. The molecule has 0 fully saturated rings. The Morgan fingerprint density at radius 3 is 2.44 bits per heavy atom. The van der Waals surface area contributed by atoms with E-state index in [0.29, 0.717) is 16.7 Å². The number of thiophene rings is 1. The second-order valence-electron chi connectivity index (χ2n) is 3.07. The van der Waals surface area contributed by atoms with Crippen molar-refractivity contribution in [2.45, 2.75) is 18.0 Å². The molecule has 0 bridgehead atoms. The van der Waals surface area contributed by atoms with E-state index in [4.69, 9.17) is 5.14 Å². The van der Waals surface area contributed by atoms with Gasteiger partial charge < -0.3 is 4.74 Å². The van der Waals surface area contributed by atoms with Crippen molar-refractivity contribution < 1.29 is 31.1 Å². The predicted molar refractivity (Wildman–Crippen MR) is 56.7 cm³/mol. The minimum atomic E-state index is -4.91. The van der Waals surface area contributed by atoms with Gasteiger partial charge in [-0.3, -0.25) is 0 Å².